The van der Waals surface area contributed by atoms with Gasteiger partial charge in [-0.05, 0) is 18.2 Å². The van der Waals surface area contributed by atoms with Crippen molar-refractivity contribution in [2.75, 3.05) is 6.61 Å². The molecule has 1 aromatic carbocycles. The van der Waals surface area contributed by atoms with E-state index in [2.05, 4.69) is 10.1 Å². The van der Waals surface area contributed by atoms with Crippen molar-refractivity contribution in [3.63, 3.8) is 0 Å². The van der Waals surface area contributed by atoms with E-state index in [1.807, 2.05) is 0 Å². The second-order valence-corrected chi connectivity index (χ2v) is 3.59. The molecule has 0 bridgehead atoms. The Bertz CT molecular complexity index is 499. The van der Waals surface area contributed by atoms with E-state index in [-0.39, 0.29) is 18.2 Å². The van der Waals surface area contributed by atoms with E-state index in [1.54, 1.807) is 6.07 Å². The van der Waals surface area contributed by atoms with Gasteiger partial charge in [0, 0.05) is 11.4 Å². The van der Waals surface area contributed by atoms with Crippen LogP contribution in [0.5, 0.6) is 5.75 Å². The topological polar surface area (TPSA) is 79.4 Å². The Morgan fingerprint density at radius 2 is 2.19 bits per heavy atom. The third kappa shape index (κ3) is 2.15. The van der Waals surface area contributed by atoms with Gasteiger partial charge in [-0.3, -0.25) is 0 Å². The Labute approximate surface area is 96.3 Å². The molecule has 1 heterocycles. The van der Waals surface area contributed by atoms with E-state index in [9.17, 15) is 5.11 Å². The van der Waals surface area contributed by atoms with Gasteiger partial charge in [0.05, 0.1) is 12.2 Å². The maximum atomic E-state index is 9.59. The third-order valence-electron chi connectivity index (χ3n) is 1.99. The lowest BCUT2D eigenvalue weighted by molar-refractivity contribution is 0.293. The molecular weight excluding hydrogens is 232 g/mol. The fourth-order valence-electron chi connectivity index (χ4n) is 1.24. The molecule has 1 aromatic heterocycles. The SMILES string of the molecule is OCCc1noc(-c2cc(Cl)ccc2O)n1. The molecule has 0 saturated carbocycles. The van der Waals surface area contributed by atoms with Crippen LogP contribution in [0.3, 0.4) is 0 Å². The lowest BCUT2D eigenvalue weighted by Gasteiger charge is -1.98. The fourth-order valence-corrected chi connectivity index (χ4v) is 1.42. The van der Waals surface area contributed by atoms with Crippen molar-refractivity contribution in [3.8, 4) is 17.2 Å². The standard InChI is InChI=1S/C10H9ClN2O3/c11-6-1-2-8(15)7(5-6)10-12-9(3-4-14)13-16-10/h1-2,5,14-15H,3-4H2. The number of rotatable bonds is 3. The van der Waals surface area contributed by atoms with Gasteiger partial charge in [0.25, 0.3) is 5.89 Å². The molecule has 0 atom stereocenters. The first-order valence-corrected chi connectivity index (χ1v) is 5.01. The molecule has 0 unspecified atom stereocenters. The largest absolute Gasteiger partial charge is 0.507 e. The Morgan fingerprint density at radius 1 is 1.38 bits per heavy atom. The minimum absolute atomic E-state index is 0.0172. The molecule has 16 heavy (non-hydrogen) atoms. The Morgan fingerprint density at radius 3 is 2.94 bits per heavy atom. The summed E-state index contributed by atoms with van der Waals surface area (Å²) in [4.78, 5) is 4.02. The average molecular weight is 241 g/mol. The van der Waals surface area contributed by atoms with Crippen LogP contribution in [0.2, 0.25) is 5.02 Å². The molecule has 6 heteroatoms. The maximum absolute atomic E-state index is 9.59. The number of aromatic nitrogens is 2. The highest BCUT2D eigenvalue weighted by molar-refractivity contribution is 6.30. The van der Waals surface area contributed by atoms with Crippen LogP contribution in [0, 0.1) is 0 Å². The van der Waals surface area contributed by atoms with Crippen molar-refractivity contribution in [2.45, 2.75) is 6.42 Å². The average Bonchev–Trinajstić information content (AvgIpc) is 2.71. The molecule has 0 aliphatic rings. The molecule has 84 valence electrons. The summed E-state index contributed by atoms with van der Waals surface area (Å²) in [7, 11) is 0. The second-order valence-electron chi connectivity index (χ2n) is 3.15. The molecule has 0 fully saturated rings. The summed E-state index contributed by atoms with van der Waals surface area (Å²) in [5.74, 6) is 0.587. The molecule has 2 rings (SSSR count). The molecule has 0 spiro atoms. The summed E-state index contributed by atoms with van der Waals surface area (Å²) in [6.07, 6.45) is 0.310. The zero-order valence-corrected chi connectivity index (χ0v) is 8.98. The minimum atomic E-state index is -0.0551. The maximum Gasteiger partial charge on any atom is 0.261 e. The predicted molar refractivity (Wildman–Crippen MR) is 57.2 cm³/mol. The van der Waals surface area contributed by atoms with Crippen LogP contribution in [0.25, 0.3) is 11.5 Å². The van der Waals surface area contributed by atoms with Crippen molar-refractivity contribution in [1.29, 1.82) is 0 Å². The molecule has 0 aliphatic heterocycles. The van der Waals surface area contributed by atoms with Gasteiger partial charge in [-0.15, -0.1) is 0 Å². The van der Waals surface area contributed by atoms with Gasteiger partial charge >= 0.3 is 0 Å². The molecule has 0 amide bonds. The Balaban J connectivity index is 2.38. The number of nitrogens with zero attached hydrogens (tertiary/aromatic N) is 2. The number of aliphatic hydroxyl groups is 1. The van der Waals surface area contributed by atoms with Crippen LogP contribution in [0.1, 0.15) is 5.82 Å². The monoisotopic (exact) mass is 240 g/mol. The molecular formula is C10H9ClN2O3. The highest BCUT2D eigenvalue weighted by Crippen LogP contribution is 2.30. The van der Waals surface area contributed by atoms with Crippen LogP contribution < -0.4 is 0 Å². The fraction of sp³-hybridized carbons (Fsp3) is 0.200. The van der Waals surface area contributed by atoms with Crippen LogP contribution in [-0.2, 0) is 6.42 Å². The lowest BCUT2D eigenvalue weighted by atomic mass is 10.2. The van der Waals surface area contributed by atoms with Crippen LogP contribution >= 0.6 is 11.6 Å². The zero-order chi connectivity index (χ0) is 11.5. The van der Waals surface area contributed by atoms with Gasteiger partial charge in [0.15, 0.2) is 5.82 Å². The van der Waals surface area contributed by atoms with Crippen molar-refractivity contribution in [2.24, 2.45) is 0 Å². The first kappa shape index (κ1) is 10.9. The zero-order valence-electron chi connectivity index (χ0n) is 8.22. The van der Waals surface area contributed by atoms with Gasteiger partial charge in [0.2, 0.25) is 0 Å². The van der Waals surface area contributed by atoms with E-state index in [1.165, 1.54) is 12.1 Å². The number of halogens is 1. The molecule has 0 radical (unpaired) electrons. The van der Waals surface area contributed by atoms with Gasteiger partial charge in [-0.25, -0.2) is 0 Å². The van der Waals surface area contributed by atoms with Crippen molar-refractivity contribution < 1.29 is 14.7 Å². The van der Waals surface area contributed by atoms with Gasteiger partial charge < -0.3 is 14.7 Å². The predicted octanol–water partition coefficient (Wildman–Crippen LogP) is 1.63. The van der Waals surface area contributed by atoms with Crippen LogP contribution in [-0.4, -0.2) is 27.0 Å². The Kier molecular flexibility index (Phi) is 3.07. The first-order valence-electron chi connectivity index (χ1n) is 4.63. The first-order chi connectivity index (χ1) is 7.70. The van der Waals surface area contributed by atoms with Gasteiger partial charge in [-0.1, -0.05) is 16.8 Å². The number of phenolic OH excluding ortho intramolecular Hbond substituents is 1. The molecule has 5 nitrogen and oxygen atoms in total. The normalized spacial score (nSPS) is 10.6. The highest BCUT2D eigenvalue weighted by Gasteiger charge is 2.12. The smallest absolute Gasteiger partial charge is 0.261 e. The summed E-state index contributed by atoms with van der Waals surface area (Å²) in [6, 6.07) is 4.55. The van der Waals surface area contributed by atoms with Crippen LogP contribution in [0.15, 0.2) is 22.7 Å². The molecule has 2 N–H and O–H groups in total. The molecule has 0 saturated heterocycles. The minimum Gasteiger partial charge on any atom is -0.507 e. The van der Waals surface area contributed by atoms with E-state index in [0.717, 1.165) is 0 Å². The van der Waals surface area contributed by atoms with Crippen molar-refractivity contribution in [3.05, 3.63) is 29.0 Å². The summed E-state index contributed by atoms with van der Waals surface area (Å²) >= 11 is 5.79. The molecule has 2 aromatic rings. The van der Waals surface area contributed by atoms with Gasteiger partial charge in [0.1, 0.15) is 5.75 Å². The van der Waals surface area contributed by atoms with E-state index in [4.69, 9.17) is 21.2 Å². The van der Waals surface area contributed by atoms with Gasteiger partial charge in [-0.2, -0.15) is 4.98 Å². The van der Waals surface area contributed by atoms with E-state index in [0.29, 0.717) is 22.8 Å². The summed E-state index contributed by atoms with van der Waals surface area (Å²) in [5.41, 5.74) is 0.379. The van der Waals surface area contributed by atoms with Crippen molar-refractivity contribution >= 4 is 11.6 Å². The number of aromatic hydroxyl groups is 1. The number of benzene rings is 1. The summed E-state index contributed by atoms with van der Waals surface area (Å²) in [5, 5.41) is 22.4. The number of phenols is 1. The number of hydrogen-bond acceptors (Lipinski definition) is 5. The summed E-state index contributed by atoms with van der Waals surface area (Å²) < 4.78 is 4.95. The lowest BCUT2D eigenvalue weighted by Crippen LogP contribution is -1.92. The Hall–Kier alpha value is -1.59. The third-order valence-corrected chi connectivity index (χ3v) is 2.23. The van der Waals surface area contributed by atoms with Crippen molar-refractivity contribution in [1.82, 2.24) is 10.1 Å². The quantitative estimate of drug-likeness (QED) is 0.853. The second kappa shape index (κ2) is 4.51. The number of aliphatic hydroxyl groups excluding tert-OH is 1. The van der Waals surface area contributed by atoms with Crippen LogP contribution in [0.4, 0.5) is 0 Å². The van der Waals surface area contributed by atoms with E-state index >= 15 is 0 Å². The number of hydrogen-bond donors (Lipinski definition) is 2. The highest BCUT2D eigenvalue weighted by atomic mass is 35.5. The summed E-state index contributed by atoms with van der Waals surface area (Å²) in [6.45, 7) is -0.0551. The molecule has 0 aliphatic carbocycles. The van der Waals surface area contributed by atoms with E-state index < -0.39 is 0 Å².